The maximum Gasteiger partial charge on any atom is 0.446 e. The molecule has 0 saturated carbocycles. The summed E-state index contributed by atoms with van der Waals surface area (Å²) in [6.07, 6.45) is -4.89. The van der Waals surface area contributed by atoms with Gasteiger partial charge in [-0.25, -0.2) is 0 Å². The maximum absolute atomic E-state index is 12.5. The summed E-state index contributed by atoms with van der Waals surface area (Å²) < 4.78 is 74.2. The van der Waals surface area contributed by atoms with Crippen molar-refractivity contribution in [2.45, 2.75) is 29.9 Å². The molecule has 8 heteroatoms. The molecule has 0 aliphatic rings. The van der Waals surface area contributed by atoms with Gasteiger partial charge in [0.25, 0.3) is 0 Å². The Morgan fingerprint density at radius 1 is 1.11 bits per heavy atom. The molecule has 1 aromatic carbocycles. The van der Waals surface area contributed by atoms with Gasteiger partial charge < -0.3 is 0 Å². The zero-order chi connectivity index (χ0) is 14.8. The molecule has 0 heterocycles. The van der Waals surface area contributed by atoms with E-state index >= 15 is 0 Å². The summed E-state index contributed by atoms with van der Waals surface area (Å²) in [6, 6.07) is 1.76. The summed E-state index contributed by atoms with van der Waals surface area (Å²) in [6.45, 7) is 1.42. The van der Waals surface area contributed by atoms with Crippen LogP contribution < -0.4 is 0 Å². The lowest BCUT2D eigenvalue weighted by Crippen LogP contribution is -2.09. The van der Waals surface area contributed by atoms with Gasteiger partial charge in [0.15, 0.2) is 5.78 Å². The molecule has 0 aromatic heterocycles. The highest BCUT2D eigenvalue weighted by molar-refractivity contribution is 8.00. The molecular weight excluding hydrogens is 294 g/mol. The van der Waals surface area contributed by atoms with E-state index in [0.717, 1.165) is 6.07 Å². The van der Waals surface area contributed by atoms with Crippen molar-refractivity contribution >= 4 is 17.5 Å². The first kappa shape index (κ1) is 15.9. The second kappa shape index (κ2) is 5.44. The average Bonchev–Trinajstić information content (AvgIpc) is 2.24. The van der Waals surface area contributed by atoms with Crippen LogP contribution in [0.4, 0.5) is 26.3 Å². The van der Waals surface area contributed by atoms with Crippen LogP contribution in [0.1, 0.15) is 29.3 Å². The highest BCUT2D eigenvalue weighted by atomic mass is 32.2. The van der Waals surface area contributed by atoms with Crippen LogP contribution in [0, 0.1) is 0 Å². The Balaban J connectivity index is 3.28. The van der Waals surface area contributed by atoms with Gasteiger partial charge in [-0.3, -0.25) is 4.79 Å². The third kappa shape index (κ3) is 4.77. The van der Waals surface area contributed by atoms with E-state index in [1.165, 1.54) is 6.92 Å². The highest BCUT2D eigenvalue weighted by Gasteiger charge is 2.34. The lowest BCUT2D eigenvalue weighted by molar-refractivity contribution is -0.137. The molecule has 0 N–H and O–H groups in total. The van der Waals surface area contributed by atoms with Crippen molar-refractivity contribution in [3.8, 4) is 0 Å². The topological polar surface area (TPSA) is 17.1 Å². The van der Waals surface area contributed by atoms with Crippen molar-refractivity contribution in [1.29, 1.82) is 0 Å². The summed E-state index contributed by atoms with van der Waals surface area (Å²) in [7, 11) is 0. The fraction of sp³-hybridized carbons (Fsp3) is 0.364. The summed E-state index contributed by atoms with van der Waals surface area (Å²) in [5.41, 5.74) is -6.35. The molecule has 1 nitrogen and oxygen atoms in total. The van der Waals surface area contributed by atoms with Gasteiger partial charge in [-0.1, -0.05) is 6.92 Å². The third-order valence-corrected chi connectivity index (χ3v) is 2.81. The molecule has 0 unspecified atom stereocenters. The van der Waals surface area contributed by atoms with Gasteiger partial charge in [-0.15, -0.1) is 0 Å². The Morgan fingerprint density at radius 2 is 1.68 bits per heavy atom. The van der Waals surface area contributed by atoms with E-state index in [4.69, 9.17) is 0 Å². The van der Waals surface area contributed by atoms with E-state index < -0.39 is 39.7 Å². The molecule has 0 atom stereocenters. The molecule has 1 aromatic rings. The predicted molar refractivity (Wildman–Crippen MR) is 58.0 cm³/mol. The van der Waals surface area contributed by atoms with Gasteiger partial charge in [0.1, 0.15) is 0 Å². The first-order chi connectivity index (χ1) is 8.53. The number of alkyl halides is 6. The Morgan fingerprint density at radius 3 is 2.11 bits per heavy atom. The zero-order valence-electron chi connectivity index (χ0n) is 9.52. The Labute approximate surface area is 109 Å². The van der Waals surface area contributed by atoms with Crippen molar-refractivity contribution in [2.75, 3.05) is 0 Å². The van der Waals surface area contributed by atoms with Crippen LogP contribution in [-0.4, -0.2) is 11.3 Å². The van der Waals surface area contributed by atoms with Crippen molar-refractivity contribution in [3.05, 3.63) is 29.3 Å². The van der Waals surface area contributed by atoms with E-state index in [1.807, 2.05) is 0 Å². The average molecular weight is 302 g/mol. The van der Waals surface area contributed by atoms with Gasteiger partial charge in [-0.2, -0.15) is 26.3 Å². The molecular formula is C11H8F6OS. The van der Waals surface area contributed by atoms with Gasteiger partial charge in [-0.05, 0) is 30.0 Å². The number of rotatable bonds is 3. The number of thioether (sulfide) groups is 1. The number of hydrogen-bond donors (Lipinski definition) is 0. The minimum atomic E-state index is -4.80. The standard InChI is InChI=1S/C11H8F6OS/c1-2-9(18)6-3-7(10(12,13)14)5-8(4-6)19-11(15,16)17/h3-5H,2H2,1H3. The second-order valence-corrected chi connectivity index (χ2v) is 4.71. The van der Waals surface area contributed by atoms with Crippen LogP contribution in [0.5, 0.6) is 0 Å². The minimum Gasteiger partial charge on any atom is -0.294 e. The second-order valence-electron chi connectivity index (χ2n) is 3.57. The van der Waals surface area contributed by atoms with Crippen LogP contribution >= 0.6 is 11.8 Å². The Bertz CT molecular complexity index is 477. The van der Waals surface area contributed by atoms with Gasteiger partial charge in [0.05, 0.1) is 5.56 Å². The van der Waals surface area contributed by atoms with E-state index in [1.54, 1.807) is 0 Å². The summed E-state index contributed by atoms with van der Waals surface area (Å²) in [4.78, 5) is 10.7. The van der Waals surface area contributed by atoms with E-state index in [2.05, 4.69) is 0 Å². The predicted octanol–water partition coefficient (Wildman–Crippen LogP) is 4.91. The normalized spacial score (nSPS) is 12.6. The van der Waals surface area contributed by atoms with Crippen LogP contribution in [0.15, 0.2) is 23.1 Å². The van der Waals surface area contributed by atoms with Gasteiger partial charge in [0.2, 0.25) is 0 Å². The molecule has 0 aliphatic heterocycles. The first-order valence-corrected chi connectivity index (χ1v) is 5.86. The van der Waals surface area contributed by atoms with Gasteiger partial charge >= 0.3 is 11.7 Å². The fourth-order valence-electron chi connectivity index (χ4n) is 1.32. The number of halogens is 6. The number of carbonyl (C=O) groups excluding carboxylic acids is 1. The summed E-state index contributed by atoms with van der Waals surface area (Å²) >= 11 is -0.679. The molecule has 0 radical (unpaired) electrons. The van der Waals surface area contributed by atoms with Gasteiger partial charge in [0, 0.05) is 16.9 Å². The summed E-state index contributed by atoms with van der Waals surface area (Å²) in [5, 5.41) is 0. The number of Topliss-reactive ketones (excluding diaryl/α,β-unsaturated/α-hetero) is 1. The van der Waals surface area contributed by atoms with E-state index in [9.17, 15) is 31.1 Å². The van der Waals surface area contributed by atoms with Crippen LogP contribution in [0.2, 0.25) is 0 Å². The molecule has 0 saturated heterocycles. The monoisotopic (exact) mass is 302 g/mol. The van der Waals surface area contributed by atoms with Crippen LogP contribution in [0.3, 0.4) is 0 Å². The molecule has 0 bridgehead atoms. The lowest BCUT2D eigenvalue weighted by Gasteiger charge is -2.12. The third-order valence-electron chi connectivity index (χ3n) is 2.11. The molecule has 0 fully saturated rings. The Hall–Kier alpha value is -1.18. The van der Waals surface area contributed by atoms with E-state index in [-0.39, 0.29) is 12.0 Å². The zero-order valence-corrected chi connectivity index (χ0v) is 10.3. The number of ketones is 1. The number of benzene rings is 1. The molecule has 0 amide bonds. The largest absolute Gasteiger partial charge is 0.446 e. The SMILES string of the molecule is CCC(=O)c1cc(SC(F)(F)F)cc(C(F)(F)F)c1. The number of hydrogen-bond acceptors (Lipinski definition) is 2. The first-order valence-electron chi connectivity index (χ1n) is 5.04. The lowest BCUT2D eigenvalue weighted by atomic mass is 10.1. The van der Waals surface area contributed by atoms with E-state index in [0.29, 0.717) is 12.1 Å². The molecule has 106 valence electrons. The van der Waals surface area contributed by atoms with Crippen molar-refractivity contribution in [3.63, 3.8) is 0 Å². The van der Waals surface area contributed by atoms with Crippen LogP contribution in [0.25, 0.3) is 0 Å². The Kier molecular flexibility index (Phi) is 4.54. The quantitative estimate of drug-likeness (QED) is 0.448. The summed E-state index contributed by atoms with van der Waals surface area (Å²) in [5.74, 6) is -0.643. The molecule has 0 spiro atoms. The molecule has 19 heavy (non-hydrogen) atoms. The van der Waals surface area contributed by atoms with Crippen LogP contribution in [-0.2, 0) is 6.18 Å². The van der Waals surface area contributed by atoms with Crippen molar-refractivity contribution in [2.24, 2.45) is 0 Å². The molecule has 1 rings (SSSR count). The molecule has 0 aliphatic carbocycles. The van der Waals surface area contributed by atoms with Crippen molar-refractivity contribution in [1.82, 2.24) is 0 Å². The highest BCUT2D eigenvalue weighted by Crippen LogP contribution is 2.40. The minimum absolute atomic E-state index is 0.0859. The smallest absolute Gasteiger partial charge is 0.294 e. The fourth-order valence-corrected chi connectivity index (χ4v) is 1.96. The van der Waals surface area contributed by atoms with Crippen molar-refractivity contribution < 1.29 is 31.1 Å². The maximum atomic E-state index is 12.5. The number of carbonyl (C=O) groups is 1.